The van der Waals surface area contributed by atoms with Gasteiger partial charge in [-0.2, -0.15) is 5.10 Å². The van der Waals surface area contributed by atoms with Crippen LogP contribution in [0.4, 0.5) is 5.69 Å². The number of likely N-dealkylation sites (tertiary alicyclic amines) is 1. The van der Waals surface area contributed by atoms with Crippen molar-refractivity contribution in [3.63, 3.8) is 0 Å². The number of rotatable bonds is 8. The fourth-order valence-corrected chi connectivity index (χ4v) is 3.43. The second kappa shape index (κ2) is 11.8. The van der Waals surface area contributed by atoms with Gasteiger partial charge in [-0.3, -0.25) is 9.89 Å². The number of carbonyl (C=O) groups is 1. The third-order valence-electron chi connectivity index (χ3n) is 5.38. The van der Waals surface area contributed by atoms with Gasteiger partial charge >= 0.3 is 0 Å². The Kier molecular flexibility index (Phi) is 8.60. The van der Waals surface area contributed by atoms with Crippen LogP contribution in [-0.4, -0.2) is 52.2 Å². The van der Waals surface area contributed by atoms with E-state index in [1.165, 1.54) is 6.20 Å². The molecular weight excluding hydrogens is 416 g/mol. The lowest BCUT2D eigenvalue weighted by Crippen LogP contribution is -2.35. The number of aryl methyl sites for hydroxylation is 1. The lowest BCUT2D eigenvalue weighted by Gasteiger charge is -2.28. The van der Waals surface area contributed by atoms with Crippen LogP contribution in [0.25, 0.3) is 6.08 Å². The van der Waals surface area contributed by atoms with Crippen LogP contribution in [-0.2, 0) is 0 Å². The number of piperidine rings is 1. The molecule has 1 aliphatic heterocycles. The topological polar surface area (TPSA) is 109 Å². The van der Waals surface area contributed by atoms with Gasteiger partial charge in [-0.1, -0.05) is 36.5 Å². The van der Waals surface area contributed by atoms with Crippen molar-refractivity contribution >= 4 is 17.7 Å². The number of aromatic amines is 1. The van der Waals surface area contributed by atoms with Crippen LogP contribution in [0.1, 0.15) is 41.5 Å². The molecule has 2 aromatic rings. The molecular formula is C25H32N6O2. The molecule has 8 nitrogen and oxygen atoms in total. The second-order valence-electron chi connectivity index (χ2n) is 7.96. The molecule has 174 valence electrons. The molecule has 0 radical (unpaired) electrons. The summed E-state index contributed by atoms with van der Waals surface area (Å²) in [7, 11) is 2.12. The average Bonchev–Trinajstić information content (AvgIpc) is 3.19. The molecule has 0 unspecified atom stereocenters. The fraction of sp³-hybridized carbons (Fsp3) is 0.320. The van der Waals surface area contributed by atoms with E-state index in [4.69, 9.17) is 10.5 Å². The number of carbonyl (C=O) groups excluding carboxylic acids is 1. The highest BCUT2D eigenvalue weighted by atomic mass is 16.5. The van der Waals surface area contributed by atoms with Gasteiger partial charge in [-0.15, -0.1) is 0 Å². The van der Waals surface area contributed by atoms with Crippen LogP contribution in [0.5, 0.6) is 5.88 Å². The molecule has 0 bridgehead atoms. The first-order valence-electron chi connectivity index (χ1n) is 11.1. The Morgan fingerprint density at radius 3 is 2.73 bits per heavy atom. The second-order valence-corrected chi connectivity index (χ2v) is 7.96. The summed E-state index contributed by atoms with van der Waals surface area (Å²) in [5, 5.41) is 9.90. The minimum atomic E-state index is -0.326. The van der Waals surface area contributed by atoms with Crippen molar-refractivity contribution in [1.82, 2.24) is 20.1 Å². The number of hydrogen-bond acceptors (Lipinski definition) is 6. The van der Waals surface area contributed by atoms with E-state index in [0.717, 1.165) is 37.2 Å². The molecule has 0 saturated carbocycles. The molecule has 0 aliphatic carbocycles. The van der Waals surface area contributed by atoms with Gasteiger partial charge in [0.25, 0.3) is 5.91 Å². The van der Waals surface area contributed by atoms with Crippen molar-refractivity contribution in [3.8, 4) is 5.88 Å². The van der Waals surface area contributed by atoms with Gasteiger partial charge in [0.1, 0.15) is 6.10 Å². The summed E-state index contributed by atoms with van der Waals surface area (Å²) >= 11 is 0. The number of nitrogens with two attached hydrogens (primary N) is 1. The molecule has 0 spiro atoms. The Morgan fingerprint density at radius 2 is 2.06 bits per heavy atom. The molecule has 1 saturated heterocycles. The van der Waals surface area contributed by atoms with E-state index in [9.17, 15) is 4.79 Å². The van der Waals surface area contributed by atoms with E-state index in [0.29, 0.717) is 22.8 Å². The minimum Gasteiger partial charge on any atom is -0.474 e. The van der Waals surface area contributed by atoms with Crippen molar-refractivity contribution in [1.29, 1.82) is 0 Å². The van der Waals surface area contributed by atoms with Crippen LogP contribution in [0, 0.1) is 6.92 Å². The normalized spacial score (nSPS) is 16.3. The lowest BCUT2D eigenvalue weighted by molar-refractivity contribution is 0.102. The first-order chi connectivity index (χ1) is 16.0. The Labute approximate surface area is 194 Å². The summed E-state index contributed by atoms with van der Waals surface area (Å²) in [6, 6.07) is 3.56. The number of nitrogens with zero attached hydrogens (tertiary/aromatic N) is 3. The summed E-state index contributed by atoms with van der Waals surface area (Å²) in [5.74, 6) is 0.237. The molecule has 0 atom stereocenters. The number of pyridine rings is 1. The zero-order valence-corrected chi connectivity index (χ0v) is 19.4. The van der Waals surface area contributed by atoms with E-state index in [1.807, 2.05) is 50.3 Å². The summed E-state index contributed by atoms with van der Waals surface area (Å²) in [6.07, 6.45) is 16.5. The standard InChI is InChI=1S/C25H32N6O2/c1-4-5-6-7-19(16-26)8-10-22-18(2)29-30-24(22)25(32)28-20-9-11-23(27-17-20)33-21-12-14-31(3)15-13-21/h4-11,16-17,21H,12-15,26H2,1-3H3,(H,28,32)(H,29,30)/b5-4+,7-6-,10-8+,19-16+. The Bertz CT molecular complexity index is 1040. The van der Waals surface area contributed by atoms with E-state index in [-0.39, 0.29) is 12.0 Å². The van der Waals surface area contributed by atoms with Gasteiger partial charge < -0.3 is 20.7 Å². The zero-order chi connectivity index (χ0) is 23.6. The number of ether oxygens (including phenoxy) is 1. The van der Waals surface area contributed by atoms with Gasteiger partial charge in [0.05, 0.1) is 11.9 Å². The van der Waals surface area contributed by atoms with Crippen LogP contribution >= 0.6 is 0 Å². The summed E-state index contributed by atoms with van der Waals surface area (Å²) in [4.78, 5) is 19.5. The highest BCUT2D eigenvalue weighted by Gasteiger charge is 2.19. The number of aromatic nitrogens is 3. The molecule has 0 aromatic carbocycles. The van der Waals surface area contributed by atoms with Crippen molar-refractivity contribution < 1.29 is 9.53 Å². The molecule has 2 aromatic heterocycles. The Balaban J connectivity index is 1.64. The molecule has 33 heavy (non-hydrogen) atoms. The van der Waals surface area contributed by atoms with E-state index < -0.39 is 0 Å². The number of H-pyrrole nitrogens is 1. The number of amides is 1. The Hall–Kier alpha value is -3.65. The van der Waals surface area contributed by atoms with Gasteiger partial charge in [0.15, 0.2) is 5.69 Å². The van der Waals surface area contributed by atoms with Crippen LogP contribution < -0.4 is 15.8 Å². The highest BCUT2D eigenvalue weighted by molar-refractivity contribution is 6.05. The molecule has 1 amide bonds. The van der Waals surface area contributed by atoms with Crippen molar-refractivity contribution in [2.75, 3.05) is 25.5 Å². The molecule has 1 fully saturated rings. The molecule has 1 aliphatic rings. The maximum atomic E-state index is 12.9. The molecule has 3 rings (SSSR count). The number of hydrogen-bond donors (Lipinski definition) is 3. The van der Waals surface area contributed by atoms with Crippen molar-refractivity contribution in [2.24, 2.45) is 5.73 Å². The third kappa shape index (κ3) is 6.92. The van der Waals surface area contributed by atoms with E-state index in [1.54, 1.807) is 18.3 Å². The number of anilines is 1. The van der Waals surface area contributed by atoms with Crippen LogP contribution in [0.15, 0.2) is 60.5 Å². The first kappa shape index (κ1) is 24.0. The maximum absolute atomic E-state index is 12.9. The maximum Gasteiger partial charge on any atom is 0.276 e. The minimum absolute atomic E-state index is 0.177. The summed E-state index contributed by atoms with van der Waals surface area (Å²) in [6.45, 7) is 5.85. The van der Waals surface area contributed by atoms with Gasteiger partial charge in [0, 0.05) is 36.6 Å². The average molecular weight is 449 g/mol. The molecule has 4 N–H and O–H groups in total. The lowest BCUT2D eigenvalue weighted by atomic mass is 10.1. The largest absolute Gasteiger partial charge is 0.474 e. The van der Waals surface area contributed by atoms with Crippen LogP contribution in [0.3, 0.4) is 0 Å². The van der Waals surface area contributed by atoms with Gasteiger partial charge in [-0.05, 0) is 45.4 Å². The number of allylic oxidation sites excluding steroid dienone is 6. The van der Waals surface area contributed by atoms with Crippen molar-refractivity contribution in [3.05, 3.63) is 77.4 Å². The quantitative estimate of drug-likeness (QED) is 0.530. The smallest absolute Gasteiger partial charge is 0.276 e. The van der Waals surface area contributed by atoms with E-state index in [2.05, 4.69) is 32.4 Å². The number of nitrogens with one attached hydrogen (secondary N) is 2. The first-order valence-corrected chi connectivity index (χ1v) is 11.1. The SMILES string of the molecule is C/C=C/C=C\C(\C=C\c1c(C(=O)Nc2ccc(OC3CCN(C)CC3)nc2)n[nH]c1C)=C/N. The predicted octanol–water partition coefficient (Wildman–Crippen LogP) is 3.83. The molecule has 3 heterocycles. The zero-order valence-electron chi connectivity index (χ0n) is 19.4. The van der Waals surface area contributed by atoms with Crippen molar-refractivity contribution in [2.45, 2.75) is 32.8 Å². The van der Waals surface area contributed by atoms with Crippen LogP contribution in [0.2, 0.25) is 0 Å². The summed E-state index contributed by atoms with van der Waals surface area (Å²) in [5.41, 5.74) is 8.86. The van der Waals surface area contributed by atoms with Gasteiger partial charge in [-0.25, -0.2) is 4.98 Å². The van der Waals surface area contributed by atoms with E-state index >= 15 is 0 Å². The third-order valence-corrected chi connectivity index (χ3v) is 5.38. The fourth-order valence-electron chi connectivity index (χ4n) is 3.43. The monoisotopic (exact) mass is 448 g/mol. The predicted molar refractivity (Wildman–Crippen MR) is 132 cm³/mol. The summed E-state index contributed by atoms with van der Waals surface area (Å²) < 4.78 is 5.97. The van der Waals surface area contributed by atoms with Gasteiger partial charge in [0.2, 0.25) is 5.88 Å². The molecule has 8 heteroatoms. The highest BCUT2D eigenvalue weighted by Crippen LogP contribution is 2.20. The Morgan fingerprint density at radius 1 is 1.27 bits per heavy atom.